The van der Waals surface area contributed by atoms with E-state index in [2.05, 4.69) is 4.98 Å². The van der Waals surface area contributed by atoms with Gasteiger partial charge in [-0.2, -0.15) is 0 Å². The van der Waals surface area contributed by atoms with Crippen LogP contribution in [-0.4, -0.2) is 27.9 Å². The summed E-state index contributed by atoms with van der Waals surface area (Å²) in [5, 5.41) is 10.0. The number of hydrogen-bond acceptors (Lipinski definition) is 3. The van der Waals surface area contributed by atoms with Crippen LogP contribution in [0.1, 0.15) is 25.8 Å². The maximum absolute atomic E-state index is 10.0. The van der Waals surface area contributed by atoms with Crippen molar-refractivity contribution in [2.75, 3.05) is 7.11 Å². The summed E-state index contributed by atoms with van der Waals surface area (Å²) in [7, 11) is 3.47. The SMILES string of the molecule is COC(C(C)C)C(O)c1nccn1C. The van der Waals surface area contributed by atoms with E-state index < -0.39 is 6.10 Å². The first-order chi connectivity index (χ1) is 6.57. The number of aryl methyl sites for hydroxylation is 1. The van der Waals surface area contributed by atoms with Crippen molar-refractivity contribution in [1.82, 2.24) is 9.55 Å². The molecule has 2 unspecified atom stereocenters. The summed E-state index contributed by atoms with van der Waals surface area (Å²) in [6.45, 7) is 4.03. The van der Waals surface area contributed by atoms with Gasteiger partial charge in [-0.25, -0.2) is 4.98 Å². The summed E-state index contributed by atoms with van der Waals surface area (Å²) in [6.07, 6.45) is 2.60. The lowest BCUT2D eigenvalue weighted by molar-refractivity contribution is -0.0439. The second-order valence-corrected chi connectivity index (χ2v) is 3.79. The first-order valence-electron chi connectivity index (χ1n) is 4.76. The molecular formula is C10H18N2O2. The van der Waals surface area contributed by atoms with Crippen molar-refractivity contribution in [1.29, 1.82) is 0 Å². The number of imidazole rings is 1. The van der Waals surface area contributed by atoms with Gasteiger partial charge in [-0.1, -0.05) is 13.8 Å². The molecule has 4 heteroatoms. The van der Waals surface area contributed by atoms with Crippen molar-refractivity contribution in [2.45, 2.75) is 26.1 Å². The van der Waals surface area contributed by atoms with Crippen LogP contribution in [0.4, 0.5) is 0 Å². The fraction of sp³-hybridized carbons (Fsp3) is 0.700. The molecule has 0 amide bonds. The quantitative estimate of drug-likeness (QED) is 0.788. The van der Waals surface area contributed by atoms with E-state index in [1.807, 2.05) is 27.1 Å². The summed E-state index contributed by atoms with van der Waals surface area (Å²) in [6, 6.07) is 0. The second-order valence-electron chi connectivity index (χ2n) is 3.79. The van der Waals surface area contributed by atoms with Gasteiger partial charge in [-0.3, -0.25) is 0 Å². The minimum Gasteiger partial charge on any atom is -0.382 e. The predicted molar refractivity (Wildman–Crippen MR) is 53.8 cm³/mol. The number of rotatable bonds is 4. The van der Waals surface area contributed by atoms with Gasteiger partial charge in [-0.15, -0.1) is 0 Å². The lowest BCUT2D eigenvalue weighted by Gasteiger charge is -2.24. The molecule has 0 fully saturated rings. The van der Waals surface area contributed by atoms with E-state index >= 15 is 0 Å². The molecule has 0 radical (unpaired) electrons. The third-order valence-electron chi connectivity index (χ3n) is 2.36. The van der Waals surface area contributed by atoms with E-state index in [0.717, 1.165) is 0 Å². The average Bonchev–Trinajstić information content (AvgIpc) is 2.51. The Kier molecular flexibility index (Phi) is 3.66. The van der Waals surface area contributed by atoms with Gasteiger partial charge in [0.2, 0.25) is 0 Å². The van der Waals surface area contributed by atoms with Crippen LogP contribution < -0.4 is 0 Å². The molecule has 1 N–H and O–H groups in total. The Balaban J connectivity index is 2.83. The topological polar surface area (TPSA) is 47.3 Å². The molecule has 0 aliphatic rings. The predicted octanol–water partition coefficient (Wildman–Crippen LogP) is 1.12. The first-order valence-corrected chi connectivity index (χ1v) is 4.76. The fourth-order valence-corrected chi connectivity index (χ4v) is 1.57. The van der Waals surface area contributed by atoms with Crippen molar-refractivity contribution in [3.63, 3.8) is 0 Å². The zero-order valence-electron chi connectivity index (χ0n) is 9.14. The molecule has 4 nitrogen and oxygen atoms in total. The second kappa shape index (κ2) is 4.57. The van der Waals surface area contributed by atoms with Crippen LogP contribution in [0.15, 0.2) is 12.4 Å². The zero-order valence-corrected chi connectivity index (χ0v) is 9.14. The molecule has 1 rings (SSSR count). The van der Waals surface area contributed by atoms with Crippen molar-refractivity contribution < 1.29 is 9.84 Å². The standard InChI is InChI=1S/C10H18N2O2/c1-7(2)9(14-4)8(13)10-11-5-6-12(10)3/h5-9,13H,1-4H3. The van der Waals surface area contributed by atoms with E-state index in [-0.39, 0.29) is 12.0 Å². The molecule has 1 aromatic rings. The number of aromatic nitrogens is 2. The zero-order chi connectivity index (χ0) is 10.7. The molecule has 0 aromatic carbocycles. The number of aliphatic hydroxyl groups is 1. The molecule has 0 aliphatic carbocycles. The van der Waals surface area contributed by atoms with Crippen LogP contribution in [0.25, 0.3) is 0 Å². The van der Waals surface area contributed by atoms with Gasteiger partial charge in [0.25, 0.3) is 0 Å². The smallest absolute Gasteiger partial charge is 0.140 e. The lowest BCUT2D eigenvalue weighted by atomic mass is 10.0. The van der Waals surface area contributed by atoms with Crippen LogP contribution in [0.2, 0.25) is 0 Å². The molecule has 0 saturated heterocycles. The van der Waals surface area contributed by atoms with Gasteiger partial charge < -0.3 is 14.4 Å². The Hall–Kier alpha value is -0.870. The number of nitrogens with zero attached hydrogens (tertiary/aromatic N) is 2. The largest absolute Gasteiger partial charge is 0.382 e. The monoisotopic (exact) mass is 198 g/mol. The fourth-order valence-electron chi connectivity index (χ4n) is 1.57. The maximum Gasteiger partial charge on any atom is 0.140 e. The Bertz CT molecular complexity index is 283. The van der Waals surface area contributed by atoms with Crippen molar-refractivity contribution in [2.24, 2.45) is 13.0 Å². The van der Waals surface area contributed by atoms with Crippen molar-refractivity contribution >= 4 is 0 Å². The average molecular weight is 198 g/mol. The molecule has 0 bridgehead atoms. The number of hydrogen-bond donors (Lipinski definition) is 1. The van der Waals surface area contributed by atoms with Gasteiger partial charge >= 0.3 is 0 Å². The minimum atomic E-state index is -0.667. The van der Waals surface area contributed by atoms with E-state index in [1.165, 1.54) is 0 Å². The van der Waals surface area contributed by atoms with Crippen LogP contribution >= 0.6 is 0 Å². The Labute approximate surface area is 84.5 Å². The van der Waals surface area contributed by atoms with Gasteiger partial charge in [0, 0.05) is 26.6 Å². The maximum atomic E-state index is 10.0. The first kappa shape index (κ1) is 11.2. The third-order valence-corrected chi connectivity index (χ3v) is 2.36. The van der Waals surface area contributed by atoms with E-state index in [0.29, 0.717) is 5.82 Å². The van der Waals surface area contributed by atoms with Gasteiger partial charge in [0.1, 0.15) is 11.9 Å². The molecule has 1 aromatic heterocycles. The third kappa shape index (κ3) is 2.13. The number of aliphatic hydroxyl groups excluding tert-OH is 1. The van der Waals surface area contributed by atoms with Crippen LogP contribution in [0.3, 0.4) is 0 Å². The van der Waals surface area contributed by atoms with E-state index in [1.54, 1.807) is 17.9 Å². The molecule has 0 aliphatic heterocycles. The highest BCUT2D eigenvalue weighted by molar-refractivity contribution is 4.98. The molecule has 2 atom stereocenters. The molecule has 0 saturated carbocycles. The molecule has 14 heavy (non-hydrogen) atoms. The normalized spacial score (nSPS) is 15.9. The van der Waals surface area contributed by atoms with Crippen molar-refractivity contribution in [3.05, 3.63) is 18.2 Å². The molecule has 1 heterocycles. The Morgan fingerprint density at radius 2 is 2.14 bits per heavy atom. The summed E-state index contributed by atoms with van der Waals surface area (Å²) in [4.78, 5) is 4.10. The lowest BCUT2D eigenvalue weighted by Crippen LogP contribution is -2.28. The molecule has 80 valence electrons. The number of methoxy groups -OCH3 is 1. The van der Waals surface area contributed by atoms with Crippen LogP contribution in [0.5, 0.6) is 0 Å². The summed E-state index contributed by atoms with van der Waals surface area (Å²) < 4.78 is 7.05. The van der Waals surface area contributed by atoms with Crippen LogP contribution in [0, 0.1) is 5.92 Å². The highest BCUT2D eigenvalue weighted by Crippen LogP contribution is 2.22. The van der Waals surface area contributed by atoms with E-state index in [9.17, 15) is 5.11 Å². The molecule has 0 spiro atoms. The Morgan fingerprint density at radius 1 is 1.50 bits per heavy atom. The van der Waals surface area contributed by atoms with Gasteiger partial charge in [0.15, 0.2) is 0 Å². The highest BCUT2D eigenvalue weighted by atomic mass is 16.5. The molecular weight excluding hydrogens is 180 g/mol. The van der Waals surface area contributed by atoms with E-state index in [4.69, 9.17) is 4.74 Å². The summed E-state index contributed by atoms with van der Waals surface area (Å²) in [5.74, 6) is 0.900. The van der Waals surface area contributed by atoms with Crippen molar-refractivity contribution in [3.8, 4) is 0 Å². The Morgan fingerprint density at radius 3 is 2.50 bits per heavy atom. The summed E-state index contributed by atoms with van der Waals surface area (Å²) in [5.41, 5.74) is 0. The van der Waals surface area contributed by atoms with Gasteiger partial charge in [0.05, 0.1) is 6.10 Å². The number of ether oxygens (including phenoxy) is 1. The summed E-state index contributed by atoms with van der Waals surface area (Å²) >= 11 is 0. The van der Waals surface area contributed by atoms with Crippen LogP contribution in [-0.2, 0) is 11.8 Å². The minimum absolute atomic E-state index is 0.212. The van der Waals surface area contributed by atoms with Gasteiger partial charge in [-0.05, 0) is 5.92 Å². The highest BCUT2D eigenvalue weighted by Gasteiger charge is 2.26.